The molecule has 2 heterocycles. The number of aromatic hydroxyl groups is 4. The lowest BCUT2D eigenvalue weighted by Gasteiger charge is -2.41. The van der Waals surface area contributed by atoms with Crippen LogP contribution in [0.5, 0.6) is 28.7 Å². The van der Waals surface area contributed by atoms with E-state index in [1.54, 1.807) is 0 Å². The average Bonchev–Trinajstić information content (AvgIpc) is 2.85. The molecule has 0 unspecified atom stereocenters. The van der Waals surface area contributed by atoms with Gasteiger partial charge in [0.1, 0.15) is 47.4 Å². The Bertz CT molecular complexity index is 1480. The highest BCUT2D eigenvalue weighted by Gasteiger charge is 2.49. The summed E-state index contributed by atoms with van der Waals surface area (Å²) in [5.74, 6) is -4.85. The third kappa shape index (κ3) is 5.52. The van der Waals surface area contributed by atoms with Crippen LogP contribution in [-0.2, 0) is 23.8 Å². The van der Waals surface area contributed by atoms with Gasteiger partial charge >= 0.3 is 11.9 Å². The van der Waals surface area contributed by atoms with Gasteiger partial charge in [-0.1, -0.05) is 0 Å². The molecule has 0 spiro atoms. The highest BCUT2D eigenvalue weighted by molar-refractivity contribution is 5.88. The number of phenols is 4. The second kappa shape index (κ2) is 10.7. The maximum atomic E-state index is 13.6. The van der Waals surface area contributed by atoms with E-state index in [2.05, 4.69) is 0 Å². The Labute approximate surface area is 218 Å². The quantitative estimate of drug-likeness (QED) is 0.183. The van der Waals surface area contributed by atoms with Crippen molar-refractivity contribution in [3.05, 3.63) is 40.6 Å². The molecule has 0 amide bonds. The van der Waals surface area contributed by atoms with Crippen LogP contribution in [-0.4, -0.2) is 79.9 Å². The zero-order valence-electron chi connectivity index (χ0n) is 20.4. The van der Waals surface area contributed by atoms with Crippen molar-refractivity contribution < 1.29 is 63.6 Å². The molecule has 14 nitrogen and oxygen atoms in total. The van der Waals surface area contributed by atoms with Crippen molar-refractivity contribution in [1.82, 2.24) is 0 Å². The lowest BCUT2D eigenvalue weighted by molar-refractivity contribution is -0.282. The predicted molar refractivity (Wildman–Crippen MR) is 128 cm³/mol. The third-order valence-corrected chi connectivity index (χ3v) is 5.79. The van der Waals surface area contributed by atoms with E-state index in [0.29, 0.717) is 0 Å². The fraction of sp³-hybridized carbons (Fsp3) is 0.320. The van der Waals surface area contributed by atoms with Gasteiger partial charge in [0, 0.05) is 31.5 Å². The van der Waals surface area contributed by atoms with E-state index in [1.165, 1.54) is 6.07 Å². The number of carbonyl (C=O) groups is 2. The maximum Gasteiger partial charge on any atom is 0.303 e. The first-order valence-corrected chi connectivity index (χ1v) is 11.4. The molecule has 0 aliphatic carbocycles. The van der Waals surface area contributed by atoms with Gasteiger partial charge in [-0.05, 0) is 18.2 Å². The molecular formula is C25H24O14. The van der Waals surface area contributed by atoms with Crippen LogP contribution in [0.15, 0.2) is 39.5 Å². The van der Waals surface area contributed by atoms with Crippen molar-refractivity contribution in [3.63, 3.8) is 0 Å². The van der Waals surface area contributed by atoms with Crippen LogP contribution in [0.2, 0.25) is 0 Å². The van der Waals surface area contributed by atoms with E-state index < -0.39 is 88.8 Å². The zero-order chi connectivity index (χ0) is 28.6. The molecule has 14 heteroatoms. The third-order valence-electron chi connectivity index (χ3n) is 5.79. The highest BCUT2D eigenvalue weighted by atomic mass is 16.7. The Balaban J connectivity index is 1.88. The number of hydrogen-bond acceptors (Lipinski definition) is 14. The minimum Gasteiger partial charge on any atom is -0.508 e. The summed E-state index contributed by atoms with van der Waals surface area (Å²) in [7, 11) is 0. The summed E-state index contributed by atoms with van der Waals surface area (Å²) in [4.78, 5) is 36.6. The number of esters is 2. The number of aliphatic hydroxyl groups excluding tert-OH is 2. The Morgan fingerprint density at radius 2 is 1.64 bits per heavy atom. The monoisotopic (exact) mass is 548 g/mol. The Kier molecular flexibility index (Phi) is 7.53. The molecule has 208 valence electrons. The highest BCUT2D eigenvalue weighted by Crippen LogP contribution is 2.39. The normalized spacial score (nSPS) is 22.8. The number of phenolic OH excluding ortho intramolecular Hbond substituents is 4. The molecule has 4 rings (SSSR count). The fourth-order valence-corrected chi connectivity index (χ4v) is 4.00. The fourth-order valence-electron chi connectivity index (χ4n) is 4.00. The van der Waals surface area contributed by atoms with Crippen molar-refractivity contribution in [3.8, 4) is 40.1 Å². The van der Waals surface area contributed by atoms with Crippen molar-refractivity contribution in [1.29, 1.82) is 0 Å². The summed E-state index contributed by atoms with van der Waals surface area (Å²) in [6.07, 6.45) is -8.42. The molecule has 5 atom stereocenters. The SMILES string of the molecule is CC(=O)OC[C@H]1O[C@@H](Oc2c(-c3ccc(O)c(O)c3)oc3cc(O)cc(O)c3c2=O)[C@H](OC(C)=O)[C@@H](O)[C@@H]1O. The summed E-state index contributed by atoms with van der Waals surface area (Å²) < 4.78 is 27.1. The van der Waals surface area contributed by atoms with E-state index in [0.717, 1.165) is 38.1 Å². The summed E-state index contributed by atoms with van der Waals surface area (Å²) >= 11 is 0. The van der Waals surface area contributed by atoms with Gasteiger partial charge in [0.15, 0.2) is 23.4 Å². The molecule has 0 bridgehead atoms. The first kappa shape index (κ1) is 27.5. The van der Waals surface area contributed by atoms with E-state index >= 15 is 0 Å². The van der Waals surface area contributed by atoms with Crippen molar-refractivity contribution in [2.75, 3.05) is 6.61 Å². The van der Waals surface area contributed by atoms with E-state index in [-0.39, 0.29) is 16.9 Å². The van der Waals surface area contributed by atoms with Gasteiger partial charge in [-0.2, -0.15) is 0 Å². The molecule has 1 aliphatic heterocycles. The molecule has 1 aromatic heterocycles. The molecule has 0 saturated carbocycles. The lowest BCUT2D eigenvalue weighted by Crippen LogP contribution is -2.61. The standard InChI is InChI=1S/C25H24O14/c1-9(26)35-8-17-19(32)21(34)24(36-10(2)27)25(38-17)39-23-20(33)18-15(31)6-12(28)7-16(18)37-22(23)11-3-4-13(29)14(30)5-11/h3-7,17,19,21,24-25,28-32,34H,8H2,1-2H3/t17-,19-,21+,24-,25+/m1/s1. The molecule has 1 aliphatic rings. The molecule has 3 aromatic rings. The Morgan fingerprint density at radius 3 is 2.28 bits per heavy atom. The van der Waals surface area contributed by atoms with Crippen molar-refractivity contribution in [2.24, 2.45) is 0 Å². The average molecular weight is 548 g/mol. The van der Waals surface area contributed by atoms with Crippen LogP contribution in [0.3, 0.4) is 0 Å². The van der Waals surface area contributed by atoms with E-state index in [9.17, 15) is 45.0 Å². The number of aliphatic hydroxyl groups is 2. The number of hydrogen-bond donors (Lipinski definition) is 6. The van der Waals surface area contributed by atoms with Gasteiger partial charge in [-0.3, -0.25) is 14.4 Å². The molecule has 39 heavy (non-hydrogen) atoms. The van der Waals surface area contributed by atoms with Crippen molar-refractivity contribution >= 4 is 22.9 Å². The number of ether oxygens (including phenoxy) is 4. The zero-order valence-corrected chi connectivity index (χ0v) is 20.4. The van der Waals surface area contributed by atoms with Crippen molar-refractivity contribution in [2.45, 2.75) is 44.6 Å². The van der Waals surface area contributed by atoms with Crippen LogP contribution in [0.25, 0.3) is 22.3 Å². The second-order valence-electron chi connectivity index (χ2n) is 8.65. The molecule has 2 aromatic carbocycles. The largest absolute Gasteiger partial charge is 0.508 e. The summed E-state index contributed by atoms with van der Waals surface area (Å²) in [5, 5.41) is 60.7. The topological polar surface area (TPSA) is 223 Å². The molecular weight excluding hydrogens is 524 g/mol. The Morgan fingerprint density at radius 1 is 0.923 bits per heavy atom. The van der Waals surface area contributed by atoms with Gasteiger partial charge < -0.3 is 54.0 Å². The van der Waals surface area contributed by atoms with Crippen LogP contribution in [0.1, 0.15) is 13.8 Å². The number of benzene rings is 2. The number of rotatable bonds is 6. The van der Waals surface area contributed by atoms with E-state index in [1.807, 2.05) is 0 Å². The van der Waals surface area contributed by atoms with Gasteiger partial charge in [-0.25, -0.2) is 0 Å². The van der Waals surface area contributed by atoms with Crippen LogP contribution >= 0.6 is 0 Å². The lowest BCUT2D eigenvalue weighted by atomic mass is 9.99. The smallest absolute Gasteiger partial charge is 0.303 e. The molecule has 1 fully saturated rings. The van der Waals surface area contributed by atoms with Crippen LogP contribution < -0.4 is 10.2 Å². The molecule has 6 N–H and O–H groups in total. The number of fused-ring (bicyclic) bond motifs is 1. The van der Waals surface area contributed by atoms with Crippen LogP contribution in [0.4, 0.5) is 0 Å². The summed E-state index contributed by atoms with van der Waals surface area (Å²) in [5.41, 5.74) is -1.30. The number of carbonyl (C=O) groups excluding carboxylic acids is 2. The molecule has 0 radical (unpaired) electrons. The van der Waals surface area contributed by atoms with Gasteiger partial charge in [0.25, 0.3) is 0 Å². The summed E-state index contributed by atoms with van der Waals surface area (Å²) in [6, 6.07) is 5.29. The second-order valence-corrected chi connectivity index (χ2v) is 8.65. The maximum absolute atomic E-state index is 13.6. The summed E-state index contributed by atoms with van der Waals surface area (Å²) in [6.45, 7) is 1.58. The van der Waals surface area contributed by atoms with Crippen LogP contribution in [0, 0.1) is 0 Å². The van der Waals surface area contributed by atoms with Gasteiger partial charge in [0.2, 0.25) is 17.5 Å². The minimum absolute atomic E-state index is 0.0148. The first-order valence-electron chi connectivity index (χ1n) is 11.4. The molecule has 1 saturated heterocycles. The first-order chi connectivity index (χ1) is 18.4. The minimum atomic E-state index is -1.83. The van der Waals surface area contributed by atoms with E-state index in [4.69, 9.17) is 23.4 Å². The predicted octanol–water partition coefficient (Wildman–Crippen LogP) is 0.603. The van der Waals surface area contributed by atoms with Gasteiger partial charge in [-0.15, -0.1) is 0 Å². The van der Waals surface area contributed by atoms with Gasteiger partial charge in [0.05, 0.1) is 0 Å². The Hall–Kier alpha value is -4.53.